The van der Waals surface area contributed by atoms with Gasteiger partial charge in [-0.05, 0) is 24.1 Å². The molecule has 0 amide bonds. The Hall–Kier alpha value is -1.41. The molecule has 0 fully saturated rings. The first-order chi connectivity index (χ1) is 11.2. The Morgan fingerprint density at radius 1 is 1.35 bits per heavy atom. The number of fused-ring (bicyclic) bond motifs is 1. The third-order valence-corrected chi connectivity index (χ3v) is 5.29. The molecule has 3 rings (SSSR count). The number of thioether (sulfide) groups is 1. The monoisotopic (exact) mass is 399 g/mol. The Balaban J connectivity index is 1.75. The van der Waals surface area contributed by atoms with E-state index in [9.17, 15) is 4.79 Å². The molecular weight excluding hydrogens is 382 g/mol. The lowest BCUT2D eigenvalue weighted by atomic mass is 10.2. The van der Waals surface area contributed by atoms with Crippen molar-refractivity contribution in [3.05, 3.63) is 32.7 Å². The molecule has 0 atom stereocenters. The zero-order valence-electron chi connectivity index (χ0n) is 12.8. The van der Waals surface area contributed by atoms with Crippen molar-refractivity contribution in [1.29, 1.82) is 0 Å². The number of unbranched alkanes of at least 4 members (excludes halogenated alkanes) is 1. The van der Waals surface area contributed by atoms with Crippen LogP contribution in [0.3, 0.4) is 0 Å². The molecular formula is C15H18BrN3O3S. The van der Waals surface area contributed by atoms with Crippen molar-refractivity contribution in [2.45, 2.75) is 37.2 Å². The van der Waals surface area contributed by atoms with E-state index in [4.69, 9.17) is 9.47 Å². The van der Waals surface area contributed by atoms with Crippen LogP contribution in [0.1, 0.15) is 25.3 Å². The molecule has 1 aliphatic heterocycles. The van der Waals surface area contributed by atoms with E-state index in [0.29, 0.717) is 30.7 Å². The topological polar surface area (TPSA) is 69.1 Å². The molecule has 0 spiro atoms. The Morgan fingerprint density at radius 3 is 2.83 bits per heavy atom. The molecule has 1 aliphatic rings. The van der Waals surface area contributed by atoms with Crippen LogP contribution in [0.2, 0.25) is 0 Å². The zero-order valence-corrected chi connectivity index (χ0v) is 15.2. The van der Waals surface area contributed by atoms with Crippen molar-refractivity contribution in [1.82, 2.24) is 14.8 Å². The van der Waals surface area contributed by atoms with Gasteiger partial charge in [-0.1, -0.05) is 41.0 Å². The van der Waals surface area contributed by atoms with E-state index in [0.717, 1.165) is 34.4 Å². The van der Waals surface area contributed by atoms with Gasteiger partial charge in [-0.25, -0.2) is 9.89 Å². The molecule has 0 unspecified atom stereocenters. The number of H-pyrrole nitrogens is 1. The minimum absolute atomic E-state index is 0.151. The number of nitrogens with one attached hydrogen (secondary N) is 1. The van der Waals surface area contributed by atoms with Crippen LogP contribution >= 0.6 is 27.7 Å². The number of hydrogen-bond acceptors (Lipinski definition) is 5. The fraction of sp³-hybridized carbons (Fsp3) is 0.467. The third kappa shape index (κ3) is 3.74. The third-order valence-electron chi connectivity index (χ3n) is 3.53. The van der Waals surface area contributed by atoms with Crippen LogP contribution in [0.25, 0.3) is 0 Å². The SMILES string of the molecule is CCCCn1c(SCc2cc3c(cc2Br)OCCO3)n[nH]c1=O. The summed E-state index contributed by atoms with van der Waals surface area (Å²) >= 11 is 5.10. The summed E-state index contributed by atoms with van der Waals surface area (Å²) in [5, 5.41) is 7.36. The van der Waals surface area contributed by atoms with Crippen LogP contribution in [0.5, 0.6) is 11.5 Å². The maximum absolute atomic E-state index is 11.8. The molecule has 0 saturated heterocycles. The number of benzene rings is 1. The standard InChI is InChI=1S/C15H18BrN3O3S/c1-2-3-4-19-14(20)17-18-15(19)23-9-10-7-12-13(8-11(10)16)22-6-5-21-12/h7-8H,2-6,9H2,1H3,(H,17,20). The number of aromatic amines is 1. The van der Waals surface area contributed by atoms with Crippen LogP contribution in [-0.4, -0.2) is 28.0 Å². The molecule has 8 heteroatoms. The predicted molar refractivity (Wildman–Crippen MR) is 92.4 cm³/mol. The van der Waals surface area contributed by atoms with Gasteiger partial charge in [0.2, 0.25) is 0 Å². The number of nitrogens with zero attached hydrogens (tertiary/aromatic N) is 2. The van der Waals surface area contributed by atoms with Gasteiger partial charge in [0.05, 0.1) is 0 Å². The molecule has 0 aliphatic carbocycles. The Bertz CT molecular complexity index is 744. The minimum atomic E-state index is -0.151. The van der Waals surface area contributed by atoms with Crippen molar-refractivity contribution in [2.24, 2.45) is 0 Å². The first-order valence-corrected chi connectivity index (χ1v) is 9.33. The van der Waals surface area contributed by atoms with Crippen molar-refractivity contribution < 1.29 is 9.47 Å². The lowest BCUT2D eigenvalue weighted by Crippen LogP contribution is -2.17. The van der Waals surface area contributed by atoms with E-state index in [1.807, 2.05) is 12.1 Å². The van der Waals surface area contributed by atoms with Gasteiger partial charge < -0.3 is 9.47 Å². The molecule has 0 bridgehead atoms. The van der Waals surface area contributed by atoms with Crippen LogP contribution in [0, 0.1) is 0 Å². The highest BCUT2D eigenvalue weighted by molar-refractivity contribution is 9.10. The predicted octanol–water partition coefficient (Wildman–Crippen LogP) is 3.20. The Labute approximate surface area is 146 Å². The summed E-state index contributed by atoms with van der Waals surface area (Å²) in [6.07, 6.45) is 2.00. The number of aromatic nitrogens is 3. The molecule has 0 saturated carbocycles. The lowest BCUT2D eigenvalue weighted by Gasteiger charge is -2.19. The Morgan fingerprint density at radius 2 is 2.09 bits per heavy atom. The summed E-state index contributed by atoms with van der Waals surface area (Å²) in [5.41, 5.74) is 0.930. The van der Waals surface area contributed by atoms with Gasteiger partial charge in [-0.15, -0.1) is 5.10 Å². The molecule has 23 heavy (non-hydrogen) atoms. The normalized spacial score (nSPS) is 13.3. The van der Waals surface area contributed by atoms with Gasteiger partial charge in [0.15, 0.2) is 16.7 Å². The first-order valence-electron chi connectivity index (χ1n) is 7.55. The molecule has 0 radical (unpaired) electrons. The summed E-state index contributed by atoms with van der Waals surface area (Å²) < 4.78 is 13.8. The molecule has 1 N–H and O–H groups in total. The Kier molecular flexibility index (Phi) is 5.32. The highest BCUT2D eigenvalue weighted by atomic mass is 79.9. The van der Waals surface area contributed by atoms with Crippen molar-refractivity contribution in [3.63, 3.8) is 0 Å². The highest BCUT2D eigenvalue weighted by Crippen LogP contribution is 2.37. The van der Waals surface area contributed by atoms with Crippen molar-refractivity contribution in [3.8, 4) is 11.5 Å². The van der Waals surface area contributed by atoms with Gasteiger partial charge in [-0.3, -0.25) is 4.57 Å². The van der Waals surface area contributed by atoms with Crippen molar-refractivity contribution in [2.75, 3.05) is 13.2 Å². The molecule has 2 heterocycles. The van der Waals surface area contributed by atoms with E-state index >= 15 is 0 Å². The fourth-order valence-corrected chi connectivity index (χ4v) is 3.90. The van der Waals surface area contributed by atoms with Crippen LogP contribution in [0.15, 0.2) is 26.6 Å². The largest absolute Gasteiger partial charge is 0.486 e. The van der Waals surface area contributed by atoms with Crippen LogP contribution in [-0.2, 0) is 12.3 Å². The second kappa shape index (κ2) is 7.44. The summed E-state index contributed by atoms with van der Waals surface area (Å²) in [4.78, 5) is 11.8. The molecule has 6 nitrogen and oxygen atoms in total. The smallest absolute Gasteiger partial charge is 0.343 e. The summed E-state index contributed by atoms with van der Waals surface area (Å²) in [6, 6.07) is 3.91. The molecule has 2 aromatic rings. The average molecular weight is 400 g/mol. The van der Waals surface area contributed by atoms with E-state index in [-0.39, 0.29) is 5.69 Å². The molecule has 1 aromatic carbocycles. The van der Waals surface area contributed by atoms with Gasteiger partial charge in [0.25, 0.3) is 0 Å². The zero-order chi connectivity index (χ0) is 16.2. The molecule has 1 aromatic heterocycles. The first kappa shape index (κ1) is 16.4. The van der Waals surface area contributed by atoms with Gasteiger partial charge in [-0.2, -0.15) is 0 Å². The molecule has 124 valence electrons. The van der Waals surface area contributed by atoms with Crippen LogP contribution < -0.4 is 15.2 Å². The lowest BCUT2D eigenvalue weighted by molar-refractivity contribution is 0.171. The number of ether oxygens (including phenoxy) is 2. The van der Waals surface area contributed by atoms with Gasteiger partial charge in [0.1, 0.15) is 13.2 Å². The fourth-order valence-electron chi connectivity index (χ4n) is 2.29. The van der Waals surface area contributed by atoms with Crippen LogP contribution in [0.4, 0.5) is 0 Å². The second-order valence-corrected chi connectivity index (χ2v) is 6.99. The summed E-state index contributed by atoms with van der Waals surface area (Å²) in [7, 11) is 0. The van der Waals surface area contributed by atoms with E-state index in [1.54, 1.807) is 4.57 Å². The van der Waals surface area contributed by atoms with Crippen molar-refractivity contribution >= 4 is 27.7 Å². The summed E-state index contributed by atoms with van der Waals surface area (Å²) in [5.74, 6) is 2.21. The average Bonchev–Trinajstić information content (AvgIpc) is 2.91. The maximum Gasteiger partial charge on any atom is 0.343 e. The highest BCUT2D eigenvalue weighted by Gasteiger charge is 2.16. The van der Waals surface area contributed by atoms with Gasteiger partial charge >= 0.3 is 5.69 Å². The number of hydrogen-bond donors (Lipinski definition) is 1. The second-order valence-electron chi connectivity index (χ2n) is 5.19. The quantitative estimate of drug-likeness (QED) is 0.755. The van der Waals surface area contributed by atoms with E-state index < -0.39 is 0 Å². The van der Waals surface area contributed by atoms with Gasteiger partial charge in [0, 0.05) is 16.8 Å². The maximum atomic E-state index is 11.8. The summed E-state index contributed by atoms with van der Waals surface area (Å²) in [6.45, 7) is 3.93. The van der Waals surface area contributed by atoms with E-state index in [1.165, 1.54) is 11.8 Å². The number of halogens is 1. The minimum Gasteiger partial charge on any atom is -0.486 e. The van der Waals surface area contributed by atoms with E-state index in [2.05, 4.69) is 33.1 Å². The number of rotatable bonds is 6.